The largest absolute Gasteiger partial charge is 0.357 e. The van der Waals surface area contributed by atoms with Crippen molar-refractivity contribution in [3.8, 4) is 0 Å². The molecule has 20 heavy (non-hydrogen) atoms. The lowest BCUT2D eigenvalue weighted by molar-refractivity contribution is 0.537. The van der Waals surface area contributed by atoms with E-state index in [1.807, 2.05) is 0 Å². The highest BCUT2D eigenvalue weighted by molar-refractivity contribution is 5.80. The minimum absolute atomic E-state index is 0.0535. The van der Waals surface area contributed by atoms with E-state index < -0.39 is 0 Å². The predicted octanol–water partition coefficient (Wildman–Crippen LogP) is 2.99. The van der Waals surface area contributed by atoms with E-state index in [4.69, 9.17) is 4.99 Å². The van der Waals surface area contributed by atoms with Crippen LogP contribution in [0.25, 0.3) is 0 Å². The second kappa shape index (κ2) is 6.29. The molecule has 3 nitrogen and oxygen atoms in total. The molecule has 1 saturated carbocycles. The van der Waals surface area contributed by atoms with Crippen molar-refractivity contribution in [1.29, 1.82) is 0 Å². The molecule has 0 aliphatic heterocycles. The molecule has 110 valence electrons. The molecule has 1 aliphatic carbocycles. The van der Waals surface area contributed by atoms with Gasteiger partial charge in [-0.3, -0.25) is 4.99 Å². The predicted molar refractivity (Wildman–Crippen MR) is 86.3 cm³/mol. The standard InChI is InChI=1S/C17H27N3/c1-5-18-16(20-15-9-10-15)19-12-17(3,4)14-8-6-7-13(2)11-14/h6-8,11,15H,5,9-10,12H2,1-4H3,(H2,18,19,20). The Morgan fingerprint density at radius 3 is 2.70 bits per heavy atom. The quantitative estimate of drug-likeness (QED) is 0.639. The van der Waals surface area contributed by atoms with Gasteiger partial charge in [0.25, 0.3) is 0 Å². The molecule has 0 unspecified atom stereocenters. The van der Waals surface area contributed by atoms with Crippen molar-refractivity contribution in [1.82, 2.24) is 10.6 Å². The van der Waals surface area contributed by atoms with Gasteiger partial charge in [0.2, 0.25) is 0 Å². The summed E-state index contributed by atoms with van der Waals surface area (Å²) in [4.78, 5) is 4.77. The summed E-state index contributed by atoms with van der Waals surface area (Å²) in [6, 6.07) is 9.36. The van der Waals surface area contributed by atoms with Crippen LogP contribution in [0.1, 0.15) is 44.7 Å². The van der Waals surface area contributed by atoms with Crippen LogP contribution in [0.2, 0.25) is 0 Å². The maximum absolute atomic E-state index is 4.77. The van der Waals surface area contributed by atoms with E-state index in [2.05, 4.69) is 62.6 Å². The summed E-state index contributed by atoms with van der Waals surface area (Å²) in [5, 5.41) is 6.79. The lowest BCUT2D eigenvalue weighted by Gasteiger charge is -2.24. The Morgan fingerprint density at radius 1 is 1.35 bits per heavy atom. The molecule has 0 heterocycles. The highest BCUT2D eigenvalue weighted by Crippen LogP contribution is 2.24. The molecule has 0 bridgehead atoms. The van der Waals surface area contributed by atoms with Gasteiger partial charge in [-0.15, -0.1) is 0 Å². The van der Waals surface area contributed by atoms with Crippen LogP contribution < -0.4 is 10.6 Å². The van der Waals surface area contributed by atoms with E-state index in [-0.39, 0.29) is 5.41 Å². The molecule has 0 spiro atoms. The van der Waals surface area contributed by atoms with Crippen LogP contribution in [0, 0.1) is 6.92 Å². The number of hydrogen-bond acceptors (Lipinski definition) is 1. The zero-order valence-electron chi connectivity index (χ0n) is 13.2. The van der Waals surface area contributed by atoms with Gasteiger partial charge >= 0.3 is 0 Å². The van der Waals surface area contributed by atoms with Crippen molar-refractivity contribution in [2.24, 2.45) is 4.99 Å². The summed E-state index contributed by atoms with van der Waals surface area (Å²) in [5.41, 5.74) is 2.71. The average molecular weight is 273 g/mol. The van der Waals surface area contributed by atoms with Crippen LogP contribution in [-0.4, -0.2) is 25.1 Å². The first-order valence-corrected chi connectivity index (χ1v) is 7.63. The van der Waals surface area contributed by atoms with Crippen molar-refractivity contribution in [2.75, 3.05) is 13.1 Å². The van der Waals surface area contributed by atoms with E-state index in [1.54, 1.807) is 0 Å². The lowest BCUT2D eigenvalue weighted by Crippen LogP contribution is -2.39. The molecule has 1 aromatic carbocycles. The molecule has 0 amide bonds. The maximum atomic E-state index is 4.77. The monoisotopic (exact) mass is 273 g/mol. The SMILES string of the molecule is CCNC(=NCC(C)(C)c1cccc(C)c1)NC1CC1. The van der Waals surface area contributed by atoms with Gasteiger partial charge in [-0.25, -0.2) is 0 Å². The minimum Gasteiger partial charge on any atom is -0.357 e. The van der Waals surface area contributed by atoms with Gasteiger partial charge in [0, 0.05) is 18.0 Å². The van der Waals surface area contributed by atoms with Crippen molar-refractivity contribution in [3.05, 3.63) is 35.4 Å². The molecular weight excluding hydrogens is 246 g/mol. The Balaban J connectivity index is 2.05. The zero-order valence-corrected chi connectivity index (χ0v) is 13.2. The number of aliphatic imine (C=N–C) groups is 1. The molecule has 0 aromatic heterocycles. The van der Waals surface area contributed by atoms with E-state index in [0.29, 0.717) is 6.04 Å². The third-order valence-corrected chi connectivity index (χ3v) is 3.69. The summed E-state index contributed by atoms with van der Waals surface area (Å²) in [6.45, 7) is 10.5. The highest BCUT2D eigenvalue weighted by atomic mass is 15.2. The smallest absolute Gasteiger partial charge is 0.191 e. The van der Waals surface area contributed by atoms with Crippen molar-refractivity contribution in [3.63, 3.8) is 0 Å². The van der Waals surface area contributed by atoms with Gasteiger partial charge in [-0.1, -0.05) is 43.7 Å². The van der Waals surface area contributed by atoms with Gasteiger partial charge in [0.05, 0.1) is 6.54 Å². The molecule has 1 aliphatic rings. The highest BCUT2D eigenvalue weighted by Gasteiger charge is 2.24. The molecule has 0 atom stereocenters. The Bertz CT molecular complexity index is 473. The molecule has 3 heteroatoms. The Labute approximate surface area is 122 Å². The molecule has 1 aromatic rings. The van der Waals surface area contributed by atoms with Gasteiger partial charge in [0.1, 0.15) is 0 Å². The second-order valence-electron chi connectivity index (χ2n) is 6.37. The molecule has 2 rings (SSSR count). The van der Waals surface area contributed by atoms with Gasteiger partial charge in [-0.2, -0.15) is 0 Å². The number of guanidine groups is 1. The van der Waals surface area contributed by atoms with Crippen molar-refractivity contribution < 1.29 is 0 Å². The Morgan fingerprint density at radius 2 is 2.10 bits per heavy atom. The maximum Gasteiger partial charge on any atom is 0.191 e. The van der Waals surface area contributed by atoms with Crippen LogP contribution in [0.5, 0.6) is 0 Å². The number of nitrogens with zero attached hydrogens (tertiary/aromatic N) is 1. The summed E-state index contributed by atoms with van der Waals surface area (Å²) in [5.74, 6) is 0.954. The number of aryl methyl sites for hydroxylation is 1. The van der Waals surface area contributed by atoms with Gasteiger partial charge in [0.15, 0.2) is 5.96 Å². The third-order valence-electron chi connectivity index (χ3n) is 3.69. The number of nitrogens with one attached hydrogen (secondary N) is 2. The number of hydrogen-bond donors (Lipinski definition) is 2. The Kier molecular flexibility index (Phi) is 4.69. The fourth-order valence-corrected chi connectivity index (χ4v) is 2.18. The molecule has 0 radical (unpaired) electrons. The van der Waals surface area contributed by atoms with Gasteiger partial charge in [-0.05, 0) is 32.3 Å². The normalized spacial score (nSPS) is 16.1. The lowest BCUT2D eigenvalue weighted by atomic mass is 9.84. The zero-order chi connectivity index (χ0) is 14.6. The van der Waals surface area contributed by atoms with Crippen LogP contribution in [-0.2, 0) is 5.41 Å². The Hall–Kier alpha value is -1.51. The summed E-state index contributed by atoms with van der Waals surface area (Å²) in [7, 11) is 0. The molecular formula is C17H27N3. The van der Waals surface area contributed by atoms with Crippen LogP contribution in [0.4, 0.5) is 0 Å². The summed E-state index contributed by atoms with van der Waals surface area (Å²) < 4.78 is 0. The number of rotatable bonds is 5. The van der Waals surface area contributed by atoms with Crippen molar-refractivity contribution in [2.45, 2.75) is 52.0 Å². The second-order valence-corrected chi connectivity index (χ2v) is 6.37. The van der Waals surface area contributed by atoms with E-state index >= 15 is 0 Å². The van der Waals surface area contributed by atoms with Gasteiger partial charge < -0.3 is 10.6 Å². The first-order chi connectivity index (χ1) is 9.51. The fourth-order valence-electron chi connectivity index (χ4n) is 2.18. The first kappa shape index (κ1) is 14.9. The number of benzene rings is 1. The van der Waals surface area contributed by atoms with Crippen molar-refractivity contribution >= 4 is 5.96 Å². The minimum atomic E-state index is 0.0535. The van der Waals surface area contributed by atoms with Crippen LogP contribution in [0.15, 0.2) is 29.3 Å². The molecule has 1 fully saturated rings. The van der Waals surface area contributed by atoms with Crippen LogP contribution >= 0.6 is 0 Å². The average Bonchev–Trinajstić information content (AvgIpc) is 3.20. The summed E-state index contributed by atoms with van der Waals surface area (Å²) >= 11 is 0. The first-order valence-electron chi connectivity index (χ1n) is 7.63. The van der Waals surface area contributed by atoms with E-state index in [1.165, 1.54) is 24.0 Å². The third kappa shape index (κ3) is 4.26. The fraction of sp³-hybridized carbons (Fsp3) is 0.588. The van der Waals surface area contributed by atoms with Crippen LogP contribution in [0.3, 0.4) is 0 Å². The van der Waals surface area contributed by atoms with E-state index in [0.717, 1.165) is 19.0 Å². The van der Waals surface area contributed by atoms with E-state index in [9.17, 15) is 0 Å². The topological polar surface area (TPSA) is 36.4 Å². The molecule has 0 saturated heterocycles. The summed E-state index contributed by atoms with van der Waals surface area (Å²) in [6.07, 6.45) is 2.54. The molecule has 2 N–H and O–H groups in total.